The molecule has 24 heavy (non-hydrogen) atoms. The molecule has 0 saturated carbocycles. The van der Waals surface area contributed by atoms with Crippen LogP contribution >= 0.6 is 0 Å². The van der Waals surface area contributed by atoms with E-state index in [9.17, 15) is 4.79 Å². The molecule has 9 nitrogen and oxygen atoms in total. The zero-order valence-electron chi connectivity index (χ0n) is 14.1. The van der Waals surface area contributed by atoms with Crippen molar-refractivity contribution in [3.63, 3.8) is 0 Å². The lowest BCUT2D eigenvalue weighted by Crippen LogP contribution is -2.31. The van der Waals surface area contributed by atoms with Crippen molar-refractivity contribution in [2.75, 3.05) is 33.8 Å². The number of hydrogen-bond donors (Lipinski definition) is 1. The van der Waals surface area contributed by atoms with Crippen LogP contribution in [0.25, 0.3) is 0 Å². The number of aromatic nitrogens is 5. The summed E-state index contributed by atoms with van der Waals surface area (Å²) in [5.41, 5.74) is 2.25. The maximum absolute atomic E-state index is 12.6. The van der Waals surface area contributed by atoms with Gasteiger partial charge in [0.15, 0.2) is 0 Å². The van der Waals surface area contributed by atoms with Gasteiger partial charge in [-0.3, -0.25) is 9.89 Å². The van der Waals surface area contributed by atoms with Crippen LogP contribution in [0, 0.1) is 0 Å². The van der Waals surface area contributed by atoms with Crippen LogP contribution in [-0.2, 0) is 24.4 Å². The second kappa shape index (κ2) is 7.54. The van der Waals surface area contributed by atoms with Crippen molar-refractivity contribution in [3.8, 4) is 0 Å². The van der Waals surface area contributed by atoms with Gasteiger partial charge in [0.1, 0.15) is 11.4 Å². The molecule has 0 aliphatic carbocycles. The first-order chi connectivity index (χ1) is 11.6. The van der Waals surface area contributed by atoms with Gasteiger partial charge in [-0.05, 0) is 26.6 Å². The van der Waals surface area contributed by atoms with Crippen LogP contribution in [0.2, 0.25) is 0 Å². The molecule has 1 amide bonds. The standard InChI is InChI=1S/C15H23N7O2/c1-20(2)8-9-24-11-13-14-10-21(6-3-7-22(14)19-18-13)15(23)12-4-5-16-17-12/h4-5H,3,6-11H2,1-2H3,(H,16,17). The minimum absolute atomic E-state index is 0.0540. The molecule has 0 unspecified atom stereocenters. The normalized spacial score (nSPS) is 14.7. The number of rotatable bonds is 6. The van der Waals surface area contributed by atoms with Gasteiger partial charge < -0.3 is 14.5 Å². The quantitative estimate of drug-likeness (QED) is 0.755. The Kier molecular flexibility index (Phi) is 5.21. The molecule has 0 fully saturated rings. The van der Waals surface area contributed by atoms with E-state index in [-0.39, 0.29) is 5.91 Å². The maximum Gasteiger partial charge on any atom is 0.272 e. The molecule has 1 aliphatic rings. The topological polar surface area (TPSA) is 92.2 Å². The Balaban J connectivity index is 1.67. The smallest absolute Gasteiger partial charge is 0.272 e. The molecule has 0 atom stereocenters. The number of carbonyl (C=O) groups excluding carboxylic acids is 1. The molecule has 0 saturated heterocycles. The summed E-state index contributed by atoms with van der Waals surface area (Å²) in [6, 6.07) is 1.69. The highest BCUT2D eigenvalue weighted by atomic mass is 16.5. The lowest BCUT2D eigenvalue weighted by molar-refractivity contribution is 0.0735. The molecule has 0 aromatic carbocycles. The molecule has 9 heteroatoms. The van der Waals surface area contributed by atoms with Crippen LogP contribution in [0.1, 0.15) is 28.3 Å². The average molecular weight is 333 g/mol. The molecule has 0 radical (unpaired) electrons. The van der Waals surface area contributed by atoms with Crippen LogP contribution in [0.15, 0.2) is 12.3 Å². The molecular weight excluding hydrogens is 310 g/mol. The molecule has 3 heterocycles. The number of amides is 1. The maximum atomic E-state index is 12.6. The Morgan fingerprint density at radius 3 is 3.04 bits per heavy atom. The summed E-state index contributed by atoms with van der Waals surface area (Å²) < 4.78 is 7.57. The fourth-order valence-corrected chi connectivity index (χ4v) is 2.64. The van der Waals surface area contributed by atoms with Gasteiger partial charge in [-0.1, -0.05) is 5.21 Å². The lowest BCUT2D eigenvalue weighted by atomic mass is 10.2. The third-order valence-electron chi connectivity index (χ3n) is 4.00. The highest BCUT2D eigenvalue weighted by molar-refractivity contribution is 5.92. The summed E-state index contributed by atoms with van der Waals surface area (Å²) in [4.78, 5) is 16.4. The number of carbonyl (C=O) groups is 1. The van der Waals surface area contributed by atoms with Gasteiger partial charge in [-0.15, -0.1) is 5.10 Å². The van der Waals surface area contributed by atoms with Crippen molar-refractivity contribution in [1.82, 2.24) is 35.0 Å². The van der Waals surface area contributed by atoms with Gasteiger partial charge in [-0.25, -0.2) is 4.68 Å². The third kappa shape index (κ3) is 3.80. The van der Waals surface area contributed by atoms with E-state index in [1.54, 1.807) is 17.2 Å². The second-order valence-electron chi connectivity index (χ2n) is 6.11. The van der Waals surface area contributed by atoms with Crippen molar-refractivity contribution >= 4 is 5.91 Å². The third-order valence-corrected chi connectivity index (χ3v) is 4.00. The van der Waals surface area contributed by atoms with Gasteiger partial charge in [0, 0.05) is 25.8 Å². The molecule has 2 aromatic heterocycles. The molecule has 2 aromatic rings. The molecule has 3 rings (SSSR count). The fourth-order valence-electron chi connectivity index (χ4n) is 2.64. The number of nitrogens with one attached hydrogen (secondary N) is 1. The zero-order valence-corrected chi connectivity index (χ0v) is 14.1. The van der Waals surface area contributed by atoms with Crippen molar-refractivity contribution in [2.24, 2.45) is 0 Å². The highest BCUT2D eigenvalue weighted by Crippen LogP contribution is 2.17. The summed E-state index contributed by atoms with van der Waals surface area (Å²) in [6.45, 7) is 3.82. The van der Waals surface area contributed by atoms with Gasteiger partial charge >= 0.3 is 0 Å². The monoisotopic (exact) mass is 333 g/mol. The molecule has 0 spiro atoms. The van der Waals surface area contributed by atoms with Crippen molar-refractivity contribution in [1.29, 1.82) is 0 Å². The number of H-pyrrole nitrogens is 1. The molecule has 130 valence electrons. The van der Waals surface area contributed by atoms with E-state index < -0.39 is 0 Å². The predicted octanol–water partition coefficient (Wildman–Crippen LogP) is 0.126. The van der Waals surface area contributed by atoms with Crippen LogP contribution < -0.4 is 0 Å². The Morgan fingerprint density at radius 1 is 1.42 bits per heavy atom. The van der Waals surface area contributed by atoms with E-state index in [0.717, 1.165) is 30.9 Å². The Morgan fingerprint density at radius 2 is 2.29 bits per heavy atom. The summed E-state index contributed by atoms with van der Waals surface area (Å²) in [5, 5.41) is 15.0. The van der Waals surface area contributed by atoms with Crippen molar-refractivity contribution in [3.05, 3.63) is 29.3 Å². The van der Waals surface area contributed by atoms with Crippen LogP contribution in [-0.4, -0.2) is 74.7 Å². The van der Waals surface area contributed by atoms with Gasteiger partial charge in [0.25, 0.3) is 5.91 Å². The van der Waals surface area contributed by atoms with E-state index >= 15 is 0 Å². The number of fused-ring (bicyclic) bond motifs is 1. The number of hydrogen-bond acceptors (Lipinski definition) is 6. The molecule has 0 bridgehead atoms. The molecular formula is C15H23N7O2. The molecule has 1 aliphatic heterocycles. The average Bonchev–Trinajstić information content (AvgIpc) is 3.17. The Hall–Kier alpha value is -2.26. The van der Waals surface area contributed by atoms with E-state index in [0.29, 0.717) is 32.0 Å². The number of aromatic amines is 1. The summed E-state index contributed by atoms with van der Waals surface area (Å²) in [6.07, 6.45) is 2.43. The lowest BCUT2D eigenvalue weighted by Gasteiger charge is -2.19. The number of likely N-dealkylation sites (N-methyl/N-ethyl adjacent to an activating group) is 1. The largest absolute Gasteiger partial charge is 0.374 e. The predicted molar refractivity (Wildman–Crippen MR) is 86.2 cm³/mol. The number of aryl methyl sites for hydroxylation is 1. The van der Waals surface area contributed by atoms with E-state index in [1.807, 2.05) is 18.8 Å². The van der Waals surface area contributed by atoms with Crippen LogP contribution in [0.3, 0.4) is 0 Å². The van der Waals surface area contributed by atoms with Crippen molar-refractivity contribution in [2.45, 2.75) is 26.1 Å². The molecule has 1 N–H and O–H groups in total. The minimum atomic E-state index is -0.0540. The van der Waals surface area contributed by atoms with Crippen LogP contribution in [0.4, 0.5) is 0 Å². The number of ether oxygens (including phenoxy) is 1. The number of nitrogens with zero attached hydrogens (tertiary/aromatic N) is 6. The second-order valence-corrected chi connectivity index (χ2v) is 6.11. The van der Waals surface area contributed by atoms with E-state index in [1.165, 1.54) is 0 Å². The first-order valence-corrected chi connectivity index (χ1v) is 8.07. The minimum Gasteiger partial charge on any atom is -0.374 e. The Labute approximate surface area is 140 Å². The van der Waals surface area contributed by atoms with Crippen molar-refractivity contribution < 1.29 is 9.53 Å². The van der Waals surface area contributed by atoms with Crippen LogP contribution in [0.5, 0.6) is 0 Å². The summed E-state index contributed by atoms with van der Waals surface area (Å²) in [5.74, 6) is -0.0540. The SMILES string of the molecule is CN(C)CCOCc1nnn2c1CN(C(=O)c1ccn[nH]1)CCC2. The summed E-state index contributed by atoms with van der Waals surface area (Å²) in [7, 11) is 4.01. The first-order valence-electron chi connectivity index (χ1n) is 8.07. The first kappa shape index (κ1) is 16.6. The van der Waals surface area contributed by atoms with Gasteiger partial charge in [0.05, 0.1) is 25.5 Å². The van der Waals surface area contributed by atoms with E-state index in [4.69, 9.17) is 4.74 Å². The zero-order chi connectivity index (χ0) is 16.9. The highest BCUT2D eigenvalue weighted by Gasteiger charge is 2.24. The summed E-state index contributed by atoms with van der Waals surface area (Å²) >= 11 is 0. The van der Waals surface area contributed by atoms with Gasteiger partial charge in [-0.2, -0.15) is 5.10 Å². The Bertz CT molecular complexity index is 665. The van der Waals surface area contributed by atoms with Gasteiger partial charge in [0.2, 0.25) is 0 Å². The van der Waals surface area contributed by atoms with E-state index in [2.05, 4.69) is 25.4 Å². The fraction of sp³-hybridized carbons (Fsp3) is 0.600.